The highest BCUT2D eigenvalue weighted by Crippen LogP contribution is 2.14. The van der Waals surface area contributed by atoms with E-state index in [1.54, 1.807) is 24.3 Å². The van der Waals surface area contributed by atoms with Crippen molar-refractivity contribution in [2.75, 3.05) is 18.6 Å². The van der Waals surface area contributed by atoms with Crippen molar-refractivity contribution in [3.05, 3.63) is 102 Å². The number of rotatable bonds is 19. The van der Waals surface area contributed by atoms with Gasteiger partial charge in [0.1, 0.15) is 29.9 Å². The quantitative estimate of drug-likeness (QED) is 0.0650. The molecule has 0 saturated heterocycles. The van der Waals surface area contributed by atoms with Crippen LogP contribution in [0, 0.1) is 0 Å². The highest BCUT2D eigenvalue weighted by Gasteiger charge is 2.29. The van der Waals surface area contributed by atoms with Crippen LogP contribution >= 0.6 is 11.8 Å². The molecule has 5 amide bonds. The minimum absolute atomic E-state index is 0.0576. The molecule has 14 nitrogen and oxygen atoms in total. The second kappa shape index (κ2) is 20.9. The average Bonchev–Trinajstić information content (AvgIpc) is 3.13. The van der Waals surface area contributed by atoms with Gasteiger partial charge in [-0.25, -0.2) is 4.99 Å². The molecule has 3 aromatic carbocycles. The van der Waals surface area contributed by atoms with Gasteiger partial charge in [0.2, 0.25) is 29.5 Å². The van der Waals surface area contributed by atoms with Crippen LogP contribution in [0.3, 0.4) is 0 Å². The van der Waals surface area contributed by atoms with Gasteiger partial charge >= 0.3 is 0 Å². The van der Waals surface area contributed by atoms with Gasteiger partial charge in [-0.1, -0.05) is 72.8 Å². The van der Waals surface area contributed by atoms with Crippen molar-refractivity contribution in [1.82, 2.24) is 26.6 Å². The molecule has 52 heavy (non-hydrogen) atoms. The van der Waals surface area contributed by atoms with Crippen molar-refractivity contribution >= 4 is 47.3 Å². The first kappa shape index (κ1) is 40.9. The number of nitrogens with two attached hydrogens (primary N) is 2. The number of phenolic OH excluding ortho intramolecular Hbond substituents is 1. The molecule has 3 aromatic rings. The largest absolute Gasteiger partial charge is 0.508 e. The van der Waals surface area contributed by atoms with Gasteiger partial charge in [-0.15, -0.1) is 0 Å². The van der Waals surface area contributed by atoms with E-state index in [0.29, 0.717) is 11.3 Å². The first-order chi connectivity index (χ1) is 24.9. The summed E-state index contributed by atoms with van der Waals surface area (Å²) in [5, 5.41) is 23.1. The molecule has 0 aromatic heterocycles. The minimum atomic E-state index is -1.10. The molecule has 0 heterocycles. The Hall–Kier alpha value is -5.57. The van der Waals surface area contributed by atoms with Gasteiger partial charge in [0, 0.05) is 12.8 Å². The molecule has 0 aliphatic rings. The molecule has 0 radical (unpaired) electrons. The van der Waals surface area contributed by atoms with E-state index in [1.165, 1.54) is 30.8 Å². The molecule has 0 aliphatic heterocycles. The van der Waals surface area contributed by atoms with Crippen molar-refractivity contribution in [1.29, 1.82) is 0 Å². The monoisotopic (exact) mass is 732 g/mol. The number of aromatic hydroxyl groups is 1. The molecule has 0 spiro atoms. The molecular formula is C37H48N8O6S. The normalized spacial score (nSPS) is 13.6. The van der Waals surface area contributed by atoms with E-state index in [0.717, 1.165) is 11.1 Å². The van der Waals surface area contributed by atoms with Gasteiger partial charge in [-0.2, -0.15) is 11.8 Å². The zero-order valence-electron chi connectivity index (χ0n) is 29.5. The molecule has 0 bridgehead atoms. The van der Waals surface area contributed by atoms with Crippen molar-refractivity contribution in [3.63, 3.8) is 0 Å². The van der Waals surface area contributed by atoms with Crippen LogP contribution in [0.15, 0.2) is 89.9 Å². The number of hydrogen-bond acceptors (Lipinski definition) is 8. The maximum absolute atomic E-state index is 13.5. The van der Waals surface area contributed by atoms with Crippen molar-refractivity contribution in [3.8, 4) is 5.75 Å². The summed E-state index contributed by atoms with van der Waals surface area (Å²) in [6, 6.07) is 20.1. The van der Waals surface area contributed by atoms with Crippen molar-refractivity contribution < 1.29 is 29.1 Å². The summed E-state index contributed by atoms with van der Waals surface area (Å²) in [6.45, 7) is 2.98. The van der Waals surface area contributed by atoms with Crippen LogP contribution in [0.25, 0.3) is 0 Å². The molecule has 15 heteroatoms. The second-order valence-corrected chi connectivity index (χ2v) is 13.2. The summed E-state index contributed by atoms with van der Waals surface area (Å²) >= 11 is 1.47. The Labute approximate surface area is 308 Å². The van der Waals surface area contributed by atoms with Gasteiger partial charge in [-0.3, -0.25) is 24.0 Å². The molecule has 3 rings (SSSR count). The molecule has 0 aliphatic carbocycles. The maximum atomic E-state index is 13.5. The fourth-order valence-corrected chi connectivity index (χ4v) is 5.62. The van der Waals surface area contributed by atoms with Crippen LogP contribution in [0.5, 0.6) is 5.75 Å². The first-order valence-corrected chi connectivity index (χ1v) is 18.2. The van der Waals surface area contributed by atoms with E-state index >= 15 is 0 Å². The van der Waals surface area contributed by atoms with Crippen LogP contribution in [0.1, 0.15) is 43.0 Å². The van der Waals surface area contributed by atoms with Crippen LogP contribution in [0.4, 0.5) is 0 Å². The fraction of sp³-hybridized carbons (Fsp3) is 0.351. The molecular weight excluding hydrogens is 685 g/mol. The Balaban J connectivity index is 1.66. The third kappa shape index (κ3) is 14.0. The molecule has 1 unspecified atom stereocenters. The van der Waals surface area contributed by atoms with Gasteiger partial charge in [0.15, 0.2) is 5.96 Å². The summed E-state index contributed by atoms with van der Waals surface area (Å²) in [4.78, 5) is 70.3. The summed E-state index contributed by atoms with van der Waals surface area (Å²) < 4.78 is 0. The Kier molecular flexibility index (Phi) is 16.5. The number of hydrogen-bond donors (Lipinski definition) is 8. The molecule has 10 N–H and O–H groups in total. The Morgan fingerprint density at radius 2 is 1.31 bits per heavy atom. The molecule has 0 fully saturated rings. The number of phenols is 1. The number of carbonyl (C=O) groups is 5. The van der Waals surface area contributed by atoms with E-state index in [1.807, 2.05) is 61.7 Å². The van der Waals surface area contributed by atoms with Crippen LogP contribution < -0.4 is 38.1 Å². The van der Waals surface area contributed by atoms with E-state index in [2.05, 4.69) is 31.6 Å². The smallest absolute Gasteiger partial charge is 0.245 e. The van der Waals surface area contributed by atoms with Crippen molar-refractivity contribution in [2.24, 2.45) is 16.5 Å². The summed E-state index contributed by atoms with van der Waals surface area (Å²) in [6.07, 6.45) is 2.31. The predicted octanol–water partition coefficient (Wildman–Crippen LogP) is 1.04. The maximum Gasteiger partial charge on any atom is 0.245 e. The number of benzene rings is 3. The predicted molar refractivity (Wildman–Crippen MR) is 202 cm³/mol. The summed E-state index contributed by atoms with van der Waals surface area (Å²) in [5.74, 6) is -2.60. The topological polar surface area (TPSA) is 230 Å². The molecule has 0 saturated carbocycles. The number of aliphatic imine (C=N–C) groups is 1. The lowest BCUT2D eigenvalue weighted by atomic mass is 10.0. The second-order valence-electron chi connectivity index (χ2n) is 12.2. The third-order valence-corrected chi connectivity index (χ3v) is 8.63. The van der Waals surface area contributed by atoms with Crippen LogP contribution in [-0.4, -0.2) is 83.3 Å². The number of thioether (sulfide) groups is 1. The van der Waals surface area contributed by atoms with Gasteiger partial charge < -0.3 is 43.2 Å². The minimum Gasteiger partial charge on any atom is -0.508 e. The number of nitrogens with one attached hydrogen (secondary N) is 5. The van der Waals surface area contributed by atoms with E-state index in [-0.39, 0.29) is 43.6 Å². The van der Waals surface area contributed by atoms with E-state index in [4.69, 9.17) is 11.5 Å². The summed E-state index contributed by atoms with van der Waals surface area (Å²) in [5.41, 5.74) is 13.5. The van der Waals surface area contributed by atoms with Gasteiger partial charge in [0.25, 0.3) is 0 Å². The van der Waals surface area contributed by atoms with Gasteiger partial charge in [-0.05, 0) is 61.1 Å². The highest BCUT2D eigenvalue weighted by atomic mass is 32.2. The van der Waals surface area contributed by atoms with Crippen molar-refractivity contribution in [2.45, 2.75) is 63.3 Å². The number of amides is 5. The Morgan fingerprint density at radius 3 is 1.92 bits per heavy atom. The van der Waals surface area contributed by atoms with Crippen LogP contribution in [0.2, 0.25) is 0 Å². The number of guanidine groups is 1. The lowest BCUT2D eigenvalue weighted by Gasteiger charge is -2.24. The standard InChI is InChI=1S/C37H48N8O6S/c1-23(27-12-8-5-9-13-27)41-32(47)22-40-34(49)30(20-25-10-6-4-7-11-25)44-33(48)24(2)42-35(50)29(18-19-52-3)43-36(51)31(45-37(38)39)21-26-14-16-28(46)17-15-26/h4-17,23-24,29-31,46H,18-22H2,1-3H3,(H,40,49)(H,41,47)(H,42,50)(H,43,51)(H,44,48)(H4,38,39,45)/t23?,24-,29+,30-,31-/m0/s1. The zero-order chi connectivity index (χ0) is 38.0. The average molecular weight is 733 g/mol. The summed E-state index contributed by atoms with van der Waals surface area (Å²) in [7, 11) is 0. The van der Waals surface area contributed by atoms with E-state index in [9.17, 15) is 29.1 Å². The first-order valence-electron chi connectivity index (χ1n) is 16.8. The number of carbonyl (C=O) groups excluding carboxylic acids is 5. The fourth-order valence-electron chi connectivity index (χ4n) is 5.15. The zero-order valence-corrected chi connectivity index (χ0v) is 30.3. The Bertz CT molecular complexity index is 1660. The Morgan fingerprint density at radius 1 is 0.712 bits per heavy atom. The lowest BCUT2D eigenvalue weighted by molar-refractivity contribution is -0.133. The number of nitrogens with zero attached hydrogens (tertiary/aromatic N) is 1. The van der Waals surface area contributed by atoms with Crippen LogP contribution in [-0.2, 0) is 36.8 Å². The van der Waals surface area contributed by atoms with Gasteiger partial charge in [0.05, 0.1) is 12.6 Å². The van der Waals surface area contributed by atoms with E-state index < -0.39 is 53.7 Å². The third-order valence-electron chi connectivity index (χ3n) is 7.98. The molecule has 278 valence electrons. The SMILES string of the molecule is CSCC[C@@H](NC(=O)[C@H](Cc1ccc(O)cc1)N=C(N)N)C(=O)N[C@@H](C)C(=O)N[C@@H](Cc1ccccc1)C(=O)NCC(=O)NC(C)c1ccccc1. The highest BCUT2D eigenvalue weighted by molar-refractivity contribution is 7.98. The lowest BCUT2D eigenvalue weighted by Crippen LogP contribution is -2.57. The molecule has 5 atom stereocenters.